The number of halogens is 1. The van der Waals surface area contributed by atoms with E-state index in [0.29, 0.717) is 17.2 Å². The van der Waals surface area contributed by atoms with E-state index in [0.717, 1.165) is 42.4 Å². The van der Waals surface area contributed by atoms with Crippen LogP contribution in [0.2, 0.25) is 5.02 Å². The summed E-state index contributed by atoms with van der Waals surface area (Å²) in [5, 5.41) is 3.84. The van der Waals surface area contributed by atoms with E-state index in [2.05, 4.69) is 5.32 Å². The Bertz CT molecular complexity index is 1130. The first-order chi connectivity index (χ1) is 17.5. The van der Waals surface area contributed by atoms with Crippen molar-refractivity contribution >= 4 is 23.4 Å². The molecule has 5 nitrogen and oxygen atoms in total. The first-order valence-electron chi connectivity index (χ1n) is 12.6. The van der Waals surface area contributed by atoms with Crippen molar-refractivity contribution in [2.45, 2.75) is 57.7 Å². The molecule has 4 rings (SSSR count). The molecular weight excluding hydrogens is 472 g/mol. The van der Waals surface area contributed by atoms with Crippen LogP contribution < -0.4 is 10.1 Å². The van der Waals surface area contributed by atoms with Gasteiger partial charge in [0.1, 0.15) is 11.8 Å². The topological polar surface area (TPSA) is 58.6 Å². The van der Waals surface area contributed by atoms with Crippen molar-refractivity contribution in [2.75, 3.05) is 6.61 Å². The minimum Gasteiger partial charge on any atom is -0.484 e. The number of carbonyl (C=O) groups excluding carboxylic acids is 2. The van der Waals surface area contributed by atoms with Gasteiger partial charge in [-0.2, -0.15) is 0 Å². The fourth-order valence-corrected chi connectivity index (χ4v) is 4.70. The van der Waals surface area contributed by atoms with Crippen LogP contribution in [0.25, 0.3) is 0 Å². The predicted molar refractivity (Wildman–Crippen MR) is 143 cm³/mol. The van der Waals surface area contributed by atoms with Crippen molar-refractivity contribution in [2.24, 2.45) is 0 Å². The van der Waals surface area contributed by atoms with E-state index in [1.807, 2.05) is 73.7 Å². The number of aryl methyl sites for hydroxylation is 1. The van der Waals surface area contributed by atoms with Gasteiger partial charge in [0.2, 0.25) is 5.91 Å². The fourth-order valence-electron chi connectivity index (χ4n) is 4.57. The molecule has 0 unspecified atom stereocenters. The molecule has 1 fully saturated rings. The average molecular weight is 505 g/mol. The Balaban J connectivity index is 1.59. The monoisotopic (exact) mass is 504 g/mol. The van der Waals surface area contributed by atoms with Gasteiger partial charge in [-0.15, -0.1) is 0 Å². The molecule has 1 atom stereocenters. The second-order valence-electron chi connectivity index (χ2n) is 9.45. The Labute approximate surface area is 218 Å². The average Bonchev–Trinajstić information content (AvgIpc) is 3.40. The van der Waals surface area contributed by atoms with E-state index in [-0.39, 0.29) is 31.0 Å². The largest absolute Gasteiger partial charge is 0.484 e. The lowest BCUT2D eigenvalue weighted by Crippen LogP contribution is -2.53. The smallest absolute Gasteiger partial charge is 0.261 e. The lowest BCUT2D eigenvalue weighted by molar-refractivity contribution is -0.143. The first-order valence-corrected chi connectivity index (χ1v) is 12.9. The number of benzene rings is 3. The number of ether oxygens (including phenoxy) is 1. The Morgan fingerprint density at radius 2 is 1.61 bits per heavy atom. The quantitative estimate of drug-likeness (QED) is 0.384. The highest BCUT2D eigenvalue weighted by Gasteiger charge is 2.32. The van der Waals surface area contributed by atoms with Gasteiger partial charge in [0.25, 0.3) is 5.91 Å². The van der Waals surface area contributed by atoms with Crippen molar-refractivity contribution in [3.63, 3.8) is 0 Å². The maximum absolute atomic E-state index is 13.6. The number of nitrogens with one attached hydrogen (secondary N) is 1. The van der Waals surface area contributed by atoms with Crippen LogP contribution in [0, 0.1) is 6.92 Å². The Morgan fingerprint density at radius 3 is 2.28 bits per heavy atom. The van der Waals surface area contributed by atoms with Crippen LogP contribution in [0.5, 0.6) is 5.75 Å². The minimum atomic E-state index is -0.669. The number of rotatable bonds is 10. The zero-order valence-corrected chi connectivity index (χ0v) is 21.4. The molecule has 0 bridgehead atoms. The summed E-state index contributed by atoms with van der Waals surface area (Å²) in [6, 6.07) is 24.3. The van der Waals surface area contributed by atoms with Crippen molar-refractivity contribution in [1.82, 2.24) is 10.2 Å². The van der Waals surface area contributed by atoms with Crippen LogP contribution in [0.1, 0.15) is 42.4 Å². The summed E-state index contributed by atoms with van der Waals surface area (Å²) in [6.07, 6.45) is 4.61. The lowest BCUT2D eigenvalue weighted by atomic mass is 10.0. The summed E-state index contributed by atoms with van der Waals surface area (Å²) in [7, 11) is 0. The zero-order chi connectivity index (χ0) is 25.3. The second kappa shape index (κ2) is 12.6. The molecule has 6 heteroatoms. The normalized spacial score (nSPS) is 14.3. The minimum absolute atomic E-state index is 0.122. The van der Waals surface area contributed by atoms with Gasteiger partial charge in [0.05, 0.1) is 0 Å². The number of hydrogen-bond acceptors (Lipinski definition) is 3. The van der Waals surface area contributed by atoms with E-state index >= 15 is 0 Å². The van der Waals surface area contributed by atoms with Gasteiger partial charge in [-0.1, -0.05) is 84.6 Å². The van der Waals surface area contributed by atoms with E-state index in [1.54, 1.807) is 17.0 Å². The summed E-state index contributed by atoms with van der Waals surface area (Å²) < 4.78 is 5.83. The Hall–Kier alpha value is -3.31. The van der Waals surface area contributed by atoms with E-state index in [4.69, 9.17) is 16.3 Å². The molecule has 0 radical (unpaired) electrons. The molecule has 0 spiro atoms. The molecule has 36 heavy (non-hydrogen) atoms. The third kappa shape index (κ3) is 7.34. The number of nitrogens with zero attached hydrogens (tertiary/aromatic N) is 1. The van der Waals surface area contributed by atoms with Crippen LogP contribution in [-0.2, 0) is 22.6 Å². The number of amides is 2. The molecule has 2 amide bonds. The molecule has 0 heterocycles. The molecule has 3 aromatic carbocycles. The summed E-state index contributed by atoms with van der Waals surface area (Å²) >= 11 is 6.09. The molecule has 3 aromatic rings. The van der Waals surface area contributed by atoms with Crippen LogP contribution >= 0.6 is 11.6 Å². The van der Waals surface area contributed by atoms with E-state index in [1.165, 1.54) is 0 Å². The van der Waals surface area contributed by atoms with Gasteiger partial charge >= 0.3 is 0 Å². The summed E-state index contributed by atoms with van der Waals surface area (Å²) in [5.41, 5.74) is 3.01. The molecule has 0 saturated heterocycles. The zero-order valence-electron chi connectivity index (χ0n) is 20.7. The van der Waals surface area contributed by atoms with E-state index in [9.17, 15) is 9.59 Å². The fraction of sp³-hybridized carbons (Fsp3) is 0.333. The molecule has 1 N–H and O–H groups in total. The molecule has 0 aromatic heterocycles. The standard InChI is InChI=1S/C30H33ClN2O3/c1-22-11-17-27(18-12-22)36-21-29(34)33(20-24-13-15-25(31)16-14-24)28(19-23-7-3-2-4-8-23)30(35)32-26-9-5-6-10-26/h2-4,7-8,11-18,26,28H,5-6,9-10,19-21H2,1H3,(H,32,35)/t28-/m0/s1. The third-order valence-corrected chi connectivity index (χ3v) is 6.87. The highest BCUT2D eigenvalue weighted by atomic mass is 35.5. The Morgan fingerprint density at radius 1 is 0.944 bits per heavy atom. The Kier molecular flexibility index (Phi) is 9.01. The van der Waals surface area contributed by atoms with Gasteiger partial charge in [-0.3, -0.25) is 9.59 Å². The van der Waals surface area contributed by atoms with Crippen LogP contribution in [-0.4, -0.2) is 35.4 Å². The maximum Gasteiger partial charge on any atom is 0.261 e. The number of carbonyl (C=O) groups is 2. The highest BCUT2D eigenvalue weighted by molar-refractivity contribution is 6.30. The molecule has 1 aliphatic rings. The van der Waals surface area contributed by atoms with Crippen LogP contribution in [0.15, 0.2) is 78.9 Å². The van der Waals surface area contributed by atoms with Gasteiger partial charge < -0.3 is 15.0 Å². The van der Waals surface area contributed by atoms with Gasteiger partial charge in [-0.25, -0.2) is 0 Å². The third-order valence-electron chi connectivity index (χ3n) is 6.62. The van der Waals surface area contributed by atoms with Crippen molar-refractivity contribution in [1.29, 1.82) is 0 Å². The summed E-state index contributed by atoms with van der Waals surface area (Å²) in [5.74, 6) is 0.256. The van der Waals surface area contributed by atoms with E-state index < -0.39 is 6.04 Å². The number of hydrogen-bond donors (Lipinski definition) is 1. The molecule has 1 saturated carbocycles. The summed E-state index contributed by atoms with van der Waals surface area (Å²) in [4.78, 5) is 28.9. The maximum atomic E-state index is 13.6. The van der Waals surface area contributed by atoms with Crippen molar-refractivity contribution < 1.29 is 14.3 Å². The van der Waals surface area contributed by atoms with Crippen molar-refractivity contribution in [3.05, 3.63) is 101 Å². The lowest BCUT2D eigenvalue weighted by Gasteiger charge is -2.32. The summed E-state index contributed by atoms with van der Waals surface area (Å²) in [6.45, 7) is 2.13. The molecule has 1 aliphatic carbocycles. The van der Waals surface area contributed by atoms with Crippen LogP contribution in [0.4, 0.5) is 0 Å². The van der Waals surface area contributed by atoms with Crippen molar-refractivity contribution in [3.8, 4) is 5.75 Å². The predicted octanol–water partition coefficient (Wildman–Crippen LogP) is 5.73. The SMILES string of the molecule is Cc1ccc(OCC(=O)N(Cc2ccc(Cl)cc2)[C@@H](Cc2ccccc2)C(=O)NC2CCCC2)cc1. The van der Waals surface area contributed by atoms with Gasteiger partial charge in [0.15, 0.2) is 6.61 Å². The van der Waals surface area contributed by atoms with Crippen LogP contribution in [0.3, 0.4) is 0 Å². The second-order valence-corrected chi connectivity index (χ2v) is 9.88. The van der Waals surface area contributed by atoms with Gasteiger partial charge in [-0.05, 0) is 55.2 Å². The first kappa shape index (κ1) is 25.8. The highest BCUT2D eigenvalue weighted by Crippen LogP contribution is 2.21. The van der Waals surface area contributed by atoms with Gasteiger partial charge in [0, 0.05) is 24.0 Å². The molecular formula is C30H33ClN2O3. The molecule has 188 valence electrons. The molecule has 0 aliphatic heterocycles.